The van der Waals surface area contributed by atoms with E-state index in [-0.39, 0.29) is 10.5 Å². The van der Waals surface area contributed by atoms with Gasteiger partial charge >= 0.3 is 5.97 Å². The van der Waals surface area contributed by atoms with Crippen LogP contribution in [-0.2, 0) is 26.0 Å². The van der Waals surface area contributed by atoms with Crippen molar-refractivity contribution in [1.29, 1.82) is 0 Å². The molecule has 2 aromatic rings. The number of sulfonamides is 1. The monoisotopic (exact) mass is 446 g/mol. The highest BCUT2D eigenvalue weighted by molar-refractivity contribution is 7.89. The fourth-order valence-electron chi connectivity index (χ4n) is 3.11. The summed E-state index contributed by atoms with van der Waals surface area (Å²) in [5.74, 6) is -1.16. The van der Waals surface area contributed by atoms with Crippen LogP contribution in [0.25, 0.3) is 0 Å². The number of amides is 1. The number of carbonyl (C=O) groups excluding carboxylic acids is 2. The molecule has 7 nitrogen and oxygen atoms in total. The summed E-state index contributed by atoms with van der Waals surface area (Å²) in [5, 5.41) is 2.74. The Hall–Kier alpha value is -2.71. The topological polar surface area (TPSA) is 92.8 Å². The average Bonchev–Trinajstić information content (AvgIpc) is 2.75. The van der Waals surface area contributed by atoms with Crippen molar-refractivity contribution in [2.24, 2.45) is 0 Å². The second-order valence-electron chi connectivity index (χ2n) is 7.14. The molecule has 0 aromatic heterocycles. The van der Waals surface area contributed by atoms with Gasteiger partial charge in [-0.15, -0.1) is 0 Å². The Morgan fingerprint density at radius 1 is 1.06 bits per heavy atom. The van der Waals surface area contributed by atoms with Gasteiger partial charge in [0, 0.05) is 19.6 Å². The van der Waals surface area contributed by atoms with Crippen molar-refractivity contribution in [3.8, 4) is 0 Å². The molecule has 0 saturated carbocycles. The van der Waals surface area contributed by atoms with Crippen LogP contribution in [0.15, 0.2) is 53.4 Å². The molecule has 2 rings (SSSR count). The third-order valence-electron chi connectivity index (χ3n) is 4.96. The molecule has 1 unspecified atom stereocenters. The van der Waals surface area contributed by atoms with Crippen LogP contribution in [0.4, 0.5) is 0 Å². The lowest BCUT2D eigenvalue weighted by atomic mass is 10.1. The van der Waals surface area contributed by atoms with Crippen LogP contribution in [0.3, 0.4) is 0 Å². The van der Waals surface area contributed by atoms with Gasteiger partial charge < -0.3 is 10.1 Å². The van der Waals surface area contributed by atoms with E-state index in [1.54, 1.807) is 26.8 Å². The summed E-state index contributed by atoms with van der Waals surface area (Å²) >= 11 is 0. The predicted molar refractivity (Wildman–Crippen MR) is 119 cm³/mol. The van der Waals surface area contributed by atoms with E-state index >= 15 is 0 Å². The molecule has 168 valence electrons. The summed E-state index contributed by atoms with van der Waals surface area (Å²) in [7, 11) is -3.72. The molecule has 0 radical (unpaired) electrons. The van der Waals surface area contributed by atoms with E-state index < -0.39 is 28.0 Å². The van der Waals surface area contributed by atoms with E-state index in [2.05, 4.69) is 5.32 Å². The lowest BCUT2D eigenvalue weighted by Crippen LogP contribution is -2.37. The van der Waals surface area contributed by atoms with Crippen LogP contribution in [0, 0.1) is 6.92 Å². The Kier molecular flexibility index (Phi) is 8.76. The Morgan fingerprint density at radius 2 is 1.71 bits per heavy atom. The molecule has 31 heavy (non-hydrogen) atoms. The van der Waals surface area contributed by atoms with E-state index in [1.165, 1.54) is 23.4 Å². The number of aryl methyl sites for hydroxylation is 1. The van der Waals surface area contributed by atoms with Crippen molar-refractivity contribution in [3.05, 3.63) is 65.2 Å². The number of rotatable bonds is 10. The van der Waals surface area contributed by atoms with Crippen molar-refractivity contribution in [3.63, 3.8) is 0 Å². The molecule has 0 aliphatic heterocycles. The van der Waals surface area contributed by atoms with Gasteiger partial charge in [-0.1, -0.05) is 50.2 Å². The fraction of sp³-hybridized carbons (Fsp3) is 0.391. The zero-order chi connectivity index (χ0) is 23.0. The number of nitrogens with zero attached hydrogens (tertiary/aromatic N) is 1. The van der Waals surface area contributed by atoms with Crippen LogP contribution < -0.4 is 5.32 Å². The van der Waals surface area contributed by atoms with Crippen molar-refractivity contribution in [2.45, 2.75) is 45.1 Å². The zero-order valence-corrected chi connectivity index (χ0v) is 19.2. The maximum Gasteiger partial charge on any atom is 0.338 e. The van der Waals surface area contributed by atoms with Crippen LogP contribution in [0.2, 0.25) is 0 Å². The first kappa shape index (κ1) is 24.6. The Bertz CT molecular complexity index is 1000. The summed E-state index contributed by atoms with van der Waals surface area (Å²) in [5.41, 5.74) is 1.71. The van der Waals surface area contributed by atoms with E-state index in [4.69, 9.17) is 4.74 Å². The van der Waals surface area contributed by atoms with Crippen LogP contribution in [0.5, 0.6) is 0 Å². The van der Waals surface area contributed by atoms with Gasteiger partial charge in [-0.05, 0) is 43.5 Å². The number of nitrogens with one attached hydrogen (secondary N) is 1. The average molecular weight is 447 g/mol. The lowest BCUT2D eigenvalue weighted by molar-refractivity contribution is -0.129. The molecular weight excluding hydrogens is 416 g/mol. The van der Waals surface area contributed by atoms with Crippen LogP contribution >= 0.6 is 0 Å². The minimum absolute atomic E-state index is 0.0608. The molecule has 0 aliphatic carbocycles. The molecule has 1 N–H and O–H groups in total. The summed E-state index contributed by atoms with van der Waals surface area (Å²) in [6.45, 7) is 7.74. The van der Waals surface area contributed by atoms with E-state index in [0.29, 0.717) is 31.6 Å². The largest absolute Gasteiger partial charge is 0.449 e. The molecule has 0 aliphatic rings. The third kappa shape index (κ3) is 6.38. The normalized spacial score (nSPS) is 12.4. The number of esters is 1. The zero-order valence-electron chi connectivity index (χ0n) is 18.4. The highest BCUT2D eigenvalue weighted by atomic mass is 32.2. The van der Waals surface area contributed by atoms with Crippen molar-refractivity contribution < 1.29 is 22.7 Å². The van der Waals surface area contributed by atoms with Crippen molar-refractivity contribution >= 4 is 21.9 Å². The van der Waals surface area contributed by atoms with E-state index in [9.17, 15) is 18.0 Å². The maximum atomic E-state index is 12.9. The first-order valence-corrected chi connectivity index (χ1v) is 11.8. The van der Waals surface area contributed by atoms with Gasteiger partial charge in [0.25, 0.3) is 5.91 Å². The number of benzene rings is 2. The van der Waals surface area contributed by atoms with Gasteiger partial charge in [-0.2, -0.15) is 4.31 Å². The van der Waals surface area contributed by atoms with Crippen LogP contribution in [0.1, 0.15) is 42.3 Å². The highest BCUT2D eigenvalue weighted by Crippen LogP contribution is 2.22. The summed E-state index contributed by atoms with van der Waals surface area (Å²) < 4.78 is 32.3. The van der Waals surface area contributed by atoms with Crippen molar-refractivity contribution in [2.75, 3.05) is 19.6 Å². The highest BCUT2D eigenvalue weighted by Gasteiger charge is 2.26. The molecule has 1 atom stereocenters. The van der Waals surface area contributed by atoms with Gasteiger partial charge in [0.15, 0.2) is 6.10 Å². The Morgan fingerprint density at radius 3 is 2.32 bits per heavy atom. The predicted octanol–water partition coefficient (Wildman–Crippen LogP) is 2.93. The van der Waals surface area contributed by atoms with E-state index in [1.807, 2.05) is 30.3 Å². The summed E-state index contributed by atoms with van der Waals surface area (Å²) in [6, 6.07) is 14.1. The Labute approximate surface area is 184 Å². The Balaban J connectivity index is 2.03. The van der Waals surface area contributed by atoms with Gasteiger partial charge in [-0.3, -0.25) is 4.79 Å². The number of hydrogen-bond donors (Lipinski definition) is 1. The van der Waals surface area contributed by atoms with Crippen LogP contribution in [-0.4, -0.2) is 50.3 Å². The standard InChI is InChI=1S/C23H30N2O5S/c1-5-25(6-2)31(28,29)21-16-20(13-12-17(21)3)23(27)30-18(4)22(26)24-15-14-19-10-8-7-9-11-19/h7-13,16,18H,5-6,14-15H2,1-4H3,(H,24,26). The molecule has 8 heteroatoms. The molecule has 2 aromatic carbocycles. The number of carbonyl (C=O) groups is 2. The number of ether oxygens (including phenoxy) is 1. The second-order valence-corrected chi connectivity index (χ2v) is 9.05. The molecule has 0 heterocycles. The lowest BCUT2D eigenvalue weighted by Gasteiger charge is -2.20. The molecule has 0 fully saturated rings. The quantitative estimate of drug-likeness (QED) is 0.567. The van der Waals surface area contributed by atoms with Gasteiger partial charge in [-0.25, -0.2) is 13.2 Å². The molecule has 1 amide bonds. The van der Waals surface area contributed by atoms with Gasteiger partial charge in [0.05, 0.1) is 10.5 Å². The molecule has 0 bridgehead atoms. The first-order valence-electron chi connectivity index (χ1n) is 10.3. The SMILES string of the molecule is CCN(CC)S(=O)(=O)c1cc(C(=O)OC(C)C(=O)NCCc2ccccc2)ccc1C. The number of hydrogen-bond acceptors (Lipinski definition) is 5. The fourth-order valence-corrected chi connectivity index (χ4v) is 4.82. The van der Waals surface area contributed by atoms with Crippen molar-refractivity contribution in [1.82, 2.24) is 9.62 Å². The van der Waals surface area contributed by atoms with E-state index in [0.717, 1.165) is 5.56 Å². The van der Waals surface area contributed by atoms with Gasteiger partial charge in [0.2, 0.25) is 10.0 Å². The smallest absolute Gasteiger partial charge is 0.338 e. The molecular formula is C23H30N2O5S. The third-order valence-corrected chi connectivity index (χ3v) is 7.15. The minimum Gasteiger partial charge on any atom is -0.449 e. The first-order chi connectivity index (χ1) is 14.7. The van der Waals surface area contributed by atoms with Gasteiger partial charge in [0.1, 0.15) is 0 Å². The summed E-state index contributed by atoms with van der Waals surface area (Å²) in [4.78, 5) is 24.9. The molecule has 0 saturated heterocycles. The summed E-state index contributed by atoms with van der Waals surface area (Å²) in [6.07, 6.45) is -0.343. The minimum atomic E-state index is -3.72. The molecule has 0 spiro atoms. The maximum absolute atomic E-state index is 12.9. The second kappa shape index (κ2) is 11.1.